The predicted octanol–water partition coefficient (Wildman–Crippen LogP) is 3.17. The number of benzene rings is 2. The number of aryl methyl sites for hydroxylation is 1. The van der Waals surface area contributed by atoms with Crippen molar-refractivity contribution in [3.8, 4) is 0 Å². The van der Waals surface area contributed by atoms with E-state index in [9.17, 15) is 4.79 Å². The second-order valence-corrected chi connectivity index (χ2v) is 5.10. The first-order valence-electron chi connectivity index (χ1n) is 6.99. The number of amides is 2. The van der Waals surface area contributed by atoms with E-state index in [1.165, 1.54) is 11.1 Å². The third-order valence-electron chi connectivity index (χ3n) is 3.73. The van der Waals surface area contributed by atoms with E-state index >= 15 is 0 Å². The topological polar surface area (TPSA) is 41.1 Å². The highest BCUT2D eigenvalue weighted by Crippen LogP contribution is 2.30. The summed E-state index contributed by atoms with van der Waals surface area (Å²) in [4.78, 5) is 12.0. The van der Waals surface area contributed by atoms with Crippen molar-refractivity contribution in [2.75, 3.05) is 0 Å². The third kappa shape index (κ3) is 2.82. The Bertz CT molecular complexity index is 595. The first-order valence-corrected chi connectivity index (χ1v) is 6.99. The molecule has 1 unspecified atom stereocenters. The van der Waals surface area contributed by atoms with E-state index < -0.39 is 0 Å². The maximum absolute atomic E-state index is 12.0. The summed E-state index contributed by atoms with van der Waals surface area (Å²) in [5.41, 5.74) is 3.71. The Kier molecular flexibility index (Phi) is 3.68. The van der Waals surface area contributed by atoms with E-state index in [0.29, 0.717) is 6.54 Å². The first kappa shape index (κ1) is 12.7. The van der Waals surface area contributed by atoms with Gasteiger partial charge in [-0.15, -0.1) is 0 Å². The molecule has 2 aromatic carbocycles. The summed E-state index contributed by atoms with van der Waals surface area (Å²) in [6.07, 6.45) is 2.03. The van der Waals surface area contributed by atoms with Gasteiger partial charge in [-0.05, 0) is 29.5 Å². The van der Waals surface area contributed by atoms with Crippen molar-refractivity contribution in [3.63, 3.8) is 0 Å². The zero-order valence-corrected chi connectivity index (χ0v) is 11.3. The number of carbonyl (C=O) groups is 1. The fourth-order valence-electron chi connectivity index (χ4n) is 2.69. The van der Waals surface area contributed by atoms with Crippen LogP contribution in [-0.2, 0) is 13.0 Å². The standard InChI is InChI=1S/C17H18N2O/c20-17(18-12-13-6-2-1-3-7-13)19-16-11-10-14-8-4-5-9-15(14)16/h1-9,16H,10-12H2,(H2,18,19,20). The molecule has 2 aromatic rings. The van der Waals surface area contributed by atoms with E-state index in [2.05, 4.69) is 28.8 Å². The lowest BCUT2D eigenvalue weighted by Gasteiger charge is -2.15. The Balaban J connectivity index is 1.55. The Morgan fingerprint density at radius 2 is 1.80 bits per heavy atom. The summed E-state index contributed by atoms with van der Waals surface area (Å²) in [7, 11) is 0. The average Bonchev–Trinajstić information content (AvgIpc) is 2.90. The van der Waals surface area contributed by atoms with Crippen LogP contribution in [0, 0.1) is 0 Å². The summed E-state index contributed by atoms with van der Waals surface area (Å²) in [6, 6.07) is 18.3. The maximum atomic E-state index is 12.0. The number of rotatable bonds is 3. The molecule has 2 amide bonds. The second kappa shape index (κ2) is 5.78. The molecule has 1 aliphatic rings. The maximum Gasteiger partial charge on any atom is 0.315 e. The van der Waals surface area contributed by atoms with Crippen LogP contribution < -0.4 is 10.6 Å². The van der Waals surface area contributed by atoms with E-state index in [1.807, 2.05) is 36.4 Å². The summed E-state index contributed by atoms with van der Waals surface area (Å²) >= 11 is 0. The van der Waals surface area contributed by atoms with Crippen molar-refractivity contribution in [2.24, 2.45) is 0 Å². The van der Waals surface area contributed by atoms with Gasteiger partial charge in [-0.3, -0.25) is 0 Å². The van der Waals surface area contributed by atoms with Crippen molar-refractivity contribution in [1.82, 2.24) is 10.6 Å². The molecule has 0 saturated heterocycles. The highest BCUT2D eigenvalue weighted by Gasteiger charge is 2.22. The van der Waals surface area contributed by atoms with Crippen LogP contribution in [0.4, 0.5) is 4.79 Å². The van der Waals surface area contributed by atoms with Crippen LogP contribution in [0.3, 0.4) is 0 Å². The lowest BCUT2D eigenvalue weighted by atomic mass is 10.1. The van der Waals surface area contributed by atoms with Crippen LogP contribution in [0.5, 0.6) is 0 Å². The molecule has 1 aliphatic carbocycles. The van der Waals surface area contributed by atoms with Crippen LogP contribution in [-0.4, -0.2) is 6.03 Å². The molecule has 1 atom stereocenters. The van der Waals surface area contributed by atoms with Crippen molar-refractivity contribution in [3.05, 3.63) is 71.3 Å². The molecule has 3 nitrogen and oxygen atoms in total. The SMILES string of the molecule is O=C(NCc1ccccc1)NC1CCc2ccccc21. The Hall–Kier alpha value is -2.29. The number of fused-ring (bicyclic) bond motifs is 1. The van der Waals surface area contributed by atoms with Gasteiger partial charge in [0.25, 0.3) is 0 Å². The molecule has 3 rings (SSSR count). The molecule has 2 N–H and O–H groups in total. The highest BCUT2D eigenvalue weighted by atomic mass is 16.2. The number of urea groups is 1. The molecule has 20 heavy (non-hydrogen) atoms. The summed E-state index contributed by atoms with van der Waals surface area (Å²) in [5, 5.41) is 5.96. The van der Waals surface area contributed by atoms with Gasteiger partial charge in [0, 0.05) is 6.54 Å². The Morgan fingerprint density at radius 1 is 1.05 bits per heavy atom. The third-order valence-corrected chi connectivity index (χ3v) is 3.73. The molecular formula is C17H18N2O. The molecule has 0 aliphatic heterocycles. The van der Waals surface area contributed by atoms with Crippen LogP contribution in [0.2, 0.25) is 0 Å². The molecule has 0 bridgehead atoms. The van der Waals surface area contributed by atoms with Crippen LogP contribution in [0.1, 0.15) is 29.2 Å². The van der Waals surface area contributed by atoms with E-state index in [0.717, 1.165) is 18.4 Å². The number of carbonyl (C=O) groups excluding carboxylic acids is 1. The molecule has 0 fully saturated rings. The van der Waals surface area contributed by atoms with Gasteiger partial charge in [-0.1, -0.05) is 54.6 Å². The zero-order valence-electron chi connectivity index (χ0n) is 11.3. The van der Waals surface area contributed by atoms with Crippen molar-refractivity contribution in [1.29, 1.82) is 0 Å². The quantitative estimate of drug-likeness (QED) is 0.880. The molecule has 0 spiro atoms. The van der Waals surface area contributed by atoms with Gasteiger partial charge in [0.15, 0.2) is 0 Å². The van der Waals surface area contributed by atoms with Crippen LogP contribution in [0.15, 0.2) is 54.6 Å². The zero-order chi connectivity index (χ0) is 13.8. The number of nitrogens with one attached hydrogen (secondary N) is 2. The molecule has 0 heterocycles. The van der Waals surface area contributed by atoms with Crippen molar-refractivity contribution < 1.29 is 4.79 Å². The Labute approximate surface area is 119 Å². The minimum absolute atomic E-state index is 0.101. The van der Waals surface area contributed by atoms with Gasteiger partial charge >= 0.3 is 6.03 Å². The smallest absolute Gasteiger partial charge is 0.315 e. The monoisotopic (exact) mass is 266 g/mol. The predicted molar refractivity (Wildman–Crippen MR) is 79.3 cm³/mol. The van der Waals surface area contributed by atoms with Gasteiger partial charge in [-0.25, -0.2) is 4.79 Å². The lowest BCUT2D eigenvalue weighted by molar-refractivity contribution is 0.236. The molecule has 3 heteroatoms. The number of hydrogen-bond donors (Lipinski definition) is 2. The van der Waals surface area contributed by atoms with Gasteiger partial charge < -0.3 is 10.6 Å². The Morgan fingerprint density at radius 3 is 2.65 bits per heavy atom. The van der Waals surface area contributed by atoms with E-state index in [4.69, 9.17) is 0 Å². The van der Waals surface area contributed by atoms with Crippen LogP contribution in [0.25, 0.3) is 0 Å². The summed E-state index contributed by atoms with van der Waals surface area (Å²) < 4.78 is 0. The van der Waals surface area contributed by atoms with E-state index in [1.54, 1.807) is 0 Å². The average molecular weight is 266 g/mol. The summed E-state index contributed by atoms with van der Waals surface area (Å²) in [6.45, 7) is 0.557. The van der Waals surface area contributed by atoms with Crippen molar-refractivity contribution in [2.45, 2.75) is 25.4 Å². The molecule has 0 radical (unpaired) electrons. The van der Waals surface area contributed by atoms with Gasteiger partial charge in [-0.2, -0.15) is 0 Å². The summed E-state index contributed by atoms with van der Waals surface area (Å²) in [5.74, 6) is 0. The molecule has 0 saturated carbocycles. The fourth-order valence-corrected chi connectivity index (χ4v) is 2.69. The minimum Gasteiger partial charge on any atom is -0.334 e. The molecule has 102 valence electrons. The second-order valence-electron chi connectivity index (χ2n) is 5.10. The number of hydrogen-bond acceptors (Lipinski definition) is 1. The molecule has 0 aromatic heterocycles. The normalized spacial score (nSPS) is 16.5. The first-order chi connectivity index (χ1) is 9.83. The van der Waals surface area contributed by atoms with Crippen LogP contribution >= 0.6 is 0 Å². The van der Waals surface area contributed by atoms with Gasteiger partial charge in [0.05, 0.1) is 6.04 Å². The van der Waals surface area contributed by atoms with E-state index in [-0.39, 0.29) is 12.1 Å². The van der Waals surface area contributed by atoms with Crippen molar-refractivity contribution >= 4 is 6.03 Å². The lowest BCUT2D eigenvalue weighted by Crippen LogP contribution is -2.36. The highest BCUT2D eigenvalue weighted by molar-refractivity contribution is 5.74. The minimum atomic E-state index is -0.101. The van der Waals surface area contributed by atoms with Gasteiger partial charge in [0.1, 0.15) is 0 Å². The largest absolute Gasteiger partial charge is 0.334 e. The van der Waals surface area contributed by atoms with Gasteiger partial charge in [0.2, 0.25) is 0 Å². The fraction of sp³-hybridized carbons (Fsp3) is 0.235. The molecular weight excluding hydrogens is 248 g/mol.